The third kappa shape index (κ3) is 10.2. The van der Waals surface area contributed by atoms with E-state index in [2.05, 4.69) is 9.89 Å². The molecule has 1 aliphatic heterocycles. The van der Waals surface area contributed by atoms with Gasteiger partial charge in [0.2, 0.25) is 10.0 Å². The normalized spacial score (nSPS) is 14.6. The minimum atomic E-state index is -4.19. The summed E-state index contributed by atoms with van der Waals surface area (Å²) in [6.07, 6.45) is 3.89. The molecular formula is C32H37ClN4O10S. The van der Waals surface area contributed by atoms with Gasteiger partial charge in [0.25, 0.3) is 0 Å². The molecule has 1 fully saturated rings. The Balaban J connectivity index is 1.49. The van der Waals surface area contributed by atoms with Crippen LogP contribution in [0.2, 0.25) is 5.02 Å². The molecule has 0 spiro atoms. The quantitative estimate of drug-likeness (QED) is 0.153. The number of likely N-dealkylation sites (tertiary alicyclic amines) is 1. The zero-order valence-corrected chi connectivity index (χ0v) is 28.3. The van der Waals surface area contributed by atoms with Crippen molar-refractivity contribution >= 4 is 51.3 Å². The number of aliphatic imine (C=N–C) groups is 1. The maximum atomic E-state index is 13.4. The lowest BCUT2D eigenvalue weighted by molar-refractivity contribution is -0.139. The van der Waals surface area contributed by atoms with Crippen LogP contribution < -0.4 is 20.6 Å². The Morgan fingerprint density at radius 1 is 1.15 bits per heavy atom. The monoisotopic (exact) mass is 704 g/mol. The largest absolute Gasteiger partial charge is 0.519 e. The molecule has 0 bridgehead atoms. The number of carbonyl (C=O) groups is 2. The van der Waals surface area contributed by atoms with Crippen molar-refractivity contribution in [2.24, 2.45) is 10.7 Å². The summed E-state index contributed by atoms with van der Waals surface area (Å²) in [6, 6.07) is 11.3. The zero-order chi connectivity index (χ0) is 34.8. The fourth-order valence-electron chi connectivity index (χ4n) is 4.75. The molecule has 0 aliphatic carbocycles. The number of amidine groups is 1. The van der Waals surface area contributed by atoms with Gasteiger partial charge in [-0.3, -0.25) is 9.10 Å². The van der Waals surface area contributed by atoms with Crippen molar-refractivity contribution in [1.82, 2.24) is 4.90 Å². The number of ether oxygens (including phenoxy) is 3. The fraction of sp³-hybridized carbons (Fsp3) is 0.375. The van der Waals surface area contributed by atoms with Gasteiger partial charge in [-0.25, -0.2) is 18.0 Å². The number of aryl methyl sites for hydroxylation is 1. The standard InChI is InChI=1S/C32H37ClN4O10S/c1-4-43-29(38)20-48(41,42)37(24-10-11-27(26(33)18-24)46-25-12-15-36(3)16-13-25)14-6-8-22-7-5-9-23(17-22)30(34)35-31(39)44-19-28-21(2)45-32(40)47-28/h5-11,17-18,25H,4,12-16,19-20H2,1-3H3,(H2,34,35,39)/b8-6+. The molecule has 0 unspecified atom stereocenters. The second kappa shape index (κ2) is 16.5. The van der Waals surface area contributed by atoms with E-state index in [4.69, 9.17) is 40.4 Å². The van der Waals surface area contributed by atoms with Gasteiger partial charge in [0.05, 0.1) is 23.9 Å². The SMILES string of the molecule is CCOC(=O)CS(=O)(=O)N(C/C=C/c1cccc(/C(N)=N/C(=O)OCc2oc(=O)oc2C)c1)c1ccc(OC2CCN(C)CC2)c(Cl)c1. The molecule has 2 aromatic carbocycles. The first-order chi connectivity index (χ1) is 22.8. The van der Waals surface area contributed by atoms with E-state index in [9.17, 15) is 22.8 Å². The van der Waals surface area contributed by atoms with Crippen molar-refractivity contribution in [3.63, 3.8) is 0 Å². The number of anilines is 1. The summed E-state index contributed by atoms with van der Waals surface area (Å²) in [5.41, 5.74) is 7.25. The number of amides is 1. The van der Waals surface area contributed by atoms with E-state index >= 15 is 0 Å². The third-order valence-corrected chi connectivity index (χ3v) is 9.17. The van der Waals surface area contributed by atoms with E-state index < -0.39 is 33.7 Å². The average molecular weight is 705 g/mol. The molecule has 258 valence electrons. The molecule has 0 saturated carbocycles. The highest BCUT2D eigenvalue weighted by molar-refractivity contribution is 7.93. The first-order valence-electron chi connectivity index (χ1n) is 15.0. The summed E-state index contributed by atoms with van der Waals surface area (Å²) < 4.78 is 53.4. The van der Waals surface area contributed by atoms with Crippen LogP contribution in [0.25, 0.3) is 6.08 Å². The minimum Gasteiger partial charge on any atom is -0.489 e. The number of hydrogen-bond donors (Lipinski definition) is 1. The first kappa shape index (κ1) is 36.2. The fourth-order valence-corrected chi connectivity index (χ4v) is 6.25. The van der Waals surface area contributed by atoms with E-state index in [0.717, 1.165) is 30.2 Å². The smallest absolute Gasteiger partial charge is 0.489 e. The van der Waals surface area contributed by atoms with Gasteiger partial charge in [-0.1, -0.05) is 42.0 Å². The third-order valence-electron chi connectivity index (χ3n) is 7.24. The highest BCUT2D eigenvalue weighted by Crippen LogP contribution is 2.32. The number of rotatable bonds is 13. The summed E-state index contributed by atoms with van der Waals surface area (Å²) in [7, 11) is -2.14. The van der Waals surface area contributed by atoms with Gasteiger partial charge in [-0.05, 0) is 63.6 Å². The van der Waals surface area contributed by atoms with Crippen molar-refractivity contribution in [2.75, 3.05) is 43.3 Å². The Labute approximate surface area is 282 Å². The second-order valence-corrected chi connectivity index (χ2v) is 13.1. The van der Waals surface area contributed by atoms with Crippen LogP contribution in [-0.4, -0.2) is 76.4 Å². The summed E-state index contributed by atoms with van der Waals surface area (Å²) in [5, 5.41) is 0.234. The number of esters is 1. The van der Waals surface area contributed by atoms with E-state index in [1.165, 1.54) is 13.0 Å². The molecule has 3 aromatic rings. The van der Waals surface area contributed by atoms with Crippen LogP contribution >= 0.6 is 11.6 Å². The maximum absolute atomic E-state index is 13.4. The summed E-state index contributed by atoms with van der Waals surface area (Å²) in [5.74, 6) is -2.15. The molecule has 1 saturated heterocycles. The number of halogens is 1. The minimum absolute atomic E-state index is 0.00730. The Hall–Kier alpha value is -4.60. The Morgan fingerprint density at radius 2 is 1.90 bits per heavy atom. The number of nitrogens with two attached hydrogens (primary N) is 1. The molecule has 1 aromatic heterocycles. The van der Waals surface area contributed by atoms with Crippen LogP contribution in [-0.2, 0) is 30.9 Å². The first-order valence-corrected chi connectivity index (χ1v) is 17.0. The van der Waals surface area contributed by atoms with Crippen LogP contribution in [0.15, 0.2) is 67.2 Å². The lowest BCUT2D eigenvalue weighted by Crippen LogP contribution is -2.36. The van der Waals surface area contributed by atoms with Gasteiger partial charge >= 0.3 is 17.9 Å². The van der Waals surface area contributed by atoms with Crippen LogP contribution in [0, 0.1) is 6.92 Å². The van der Waals surface area contributed by atoms with Gasteiger partial charge in [-0.15, -0.1) is 0 Å². The Bertz CT molecular complexity index is 1830. The molecule has 2 N–H and O–H groups in total. The molecule has 48 heavy (non-hydrogen) atoms. The summed E-state index contributed by atoms with van der Waals surface area (Å²) >= 11 is 6.55. The molecule has 1 aliphatic rings. The van der Waals surface area contributed by atoms with Crippen LogP contribution in [0.5, 0.6) is 5.75 Å². The van der Waals surface area contributed by atoms with Gasteiger partial charge in [0, 0.05) is 18.7 Å². The summed E-state index contributed by atoms with van der Waals surface area (Å²) in [4.78, 5) is 41.5. The van der Waals surface area contributed by atoms with Gasteiger partial charge in [0.1, 0.15) is 17.7 Å². The van der Waals surface area contributed by atoms with Crippen molar-refractivity contribution in [1.29, 1.82) is 0 Å². The molecule has 0 atom stereocenters. The predicted molar refractivity (Wildman–Crippen MR) is 179 cm³/mol. The topological polar surface area (TPSA) is 184 Å². The van der Waals surface area contributed by atoms with Crippen molar-refractivity contribution < 1.29 is 41.1 Å². The Kier molecular flexibility index (Phi) is 12.4. The van der Waals surface area contributed by atoms with Gasteiger partial charge in [-0.2, -0.15) is 4.99 Å². The number of piperidine rings is 1. The lowest BCUT2D eigenvalue weighted by Gasteiger charge is -2.30. The molecule has 0 radical (unpaired) electrons. The van der Waals surface area contributed by atoms with Gasteiger partial charge in [0.15, 0.2) is 23.9 Å². The number of hydrogen-bond acceptors (Lipinski definition) is 11. The highest BCUT2D eigenvalue weighted by atomic mass is 35.5. The van der Waals surface area contributed by atoms with E-state index in [1.807, 2.05) is 7.05 Å². The number of nitrogens with zero attached hydrogens (tertiary/aromatic N) is 3. The van der Waals surface area contributed by atoms with Crippen molar-refractivity contribution in [3.8, 4) is 5.75 Å². The molecule has 2 heterocycles. The second-order valence-electron chi connectivity index (χ2n) is 10.8. The van der Waals surface area contributed by atoms with E-state index in [0.29, 0.717) is 16.9 Å². The zero-order valence-electron chi connectivity index (χ0n) is 26.7. The highest BCUT2D eigenvalue weighted by Gasteiger charge is 2.27. The molecule has 4 rings (SSSR count). The summed E-state index contributed by atoms with van der Waals surface area (Å²) in [6.45, 7) is 4.38. The Morgan fingerprint density at radius 3 is 2.56 bits per heavy atom. The number of benzene rings is 2. The van der Waals surface area contributed by atoms with Crippen molar-refractivity contribution in [3.05, 3.63) is 86.8 Å². The average Bonchev–Trinajstić information content (AvgIpc) is 3.36. The predicted octanol–water partition coefficient (Wildman–Crippen LogP) is 4.12. The number of carbonyl (C=O) groups excluding carboxylic acids is 2. The lowest BCUT2D eigenvalue weighted by atomic mass is 10.1. The molecular weight excluding hydrogens is 668 g/mol. The molecule has 16 heteroatoms. The van der Waals surface area contributed by atoms with E-state index in [1.54, 1.807) is 55.5 Å². The van der Waals surface area contributed by atoms with Crippen LogP contribution in [0.3, 0.4) is 0 Å². The van der Waals surface area contributed by atoms with Gasteiger partial charge < -0.3 is 33.7 Å². The number of sulfonamides is 1. The maximum Gasteiger partial charge on any atom is 0.519 e. The van der Waals surface area contributed by atoms with E-state index in [-0.39, 0.29) is 53.9 Å². The van der Waals surface area contributed by atoms with Crippen LogP contribution in [0.4, 0.5) is 10.5 Å². The molecule has 14 nitrogen and oxygen atoms in total. The van der Waals surface area contributed by atoms with Crippen molar-refractivity contribution in [2.45, 2.75) is 39.4 Å². The molecule has 1 amide bonds. The van der Waals surface area contributed by atoms with Crippen LogP contribution in [0.1, 0.15) is 42.4 Å².